The molecule has 1 saturated heterocycles. The minimum absolute atomic E-state index is 0.0359. The number of benzene rings is 1. The normalized spacial score (nSPS) is 29.4. The highest BCUT2D eigenvalue weighted by Gasteiger charge is 2.63. The van der Waals surface area contributed by atoms with E-state index in [1.165, 1.54) is 18.4 Å². The van der Waals surface area contributed by atoms with E-state index in [2.05, 4.69) is 31.4 Å². The predicted molar refractivity (Wildman–Crippen MR) is 110 cm³/mol. The van der Waals surface area contributed by atoms with Crippen molar-refractivity contribution in [3.8, 4) is 0 Å². The number of carbonyl (C=O) groups excluding carboxylic acids is 2. The van der Waals surface area contributed by atoms with Gasteiger partial charge in [-0.1, -0.05) is 39.3 Å². The molecule has 1 saturated carbocycles. The number of carbonyl (C=O) groups is 2. The zero-order valence-corrected chi connectivity index (χ0v) is 17.3. The lowest BCUT2D eigenvalue weighted by atomic mass is 9.77. The third-order valence-electron chi connectivity index (χ3n) is 6.73. The number of hydrogen-bond donors (Lipinski definition) is 2. The number of rotatable bonds is 4. The van der Waals surface area contributed by atoms with Crippen LogP contribution >= 0.6 is 0 Å². The molecular weight excluding hydrogens is 350 g/mol. The molecule has 0 radical (unpaired) electrons. The molecule has 2 fully saturated rings. The van der Waals surface area contributed by atoms with Crippen molar-refractivity contribution in [1.82, 2.24) is 15.5 Å². The minimum Gasteiger partial charge on any atom is -0.323 e. The number of fused-ring (bicyclic) bond motifs is 1. The van der Waals surface area contributed by atoms with Gasteiger partial charge in [0, 0.05) is 18.2 Å². The molecule has 5 nitrogen and oxygen atoms in total. The molecule has 150 valence electrons. The highest BCUT2D eigenvalue weighted by molar-refractivity contribution is 6.06. The molecule has 28 heavy (non-hydrogen) atoms. The molecule has 1 aliphatic carbocycles. The second kappa shape index (κ2) is 6.73. The average Bonchev–Trinajstić information content (AvgIpc) is 3.35. The molecule has 0 bridgehead atoms. The van der Waals surface area contributed by atoms with Crippen LogP contribution in [-0.4, -0.2) is 41.9 Å². The van der Waals surface area contributed by atoms with E-state index in [1.807, 2.05) is 42.3 Å². The number of nitrogens with zero attached hydrogens (tertiary/aromatic N) is 1. The van der Waals surface area contributed by atoms with Gasteiger partial charge in [-0.3, -0.25) is 9.59 Å². The maximum atomic E-state index is 12.7. The van der Waals surface area contributed by atoms with Crippen LogP contribution in [0.1, 0.15) is 62.4 Å². The van der Waals surface area contributed by atoms with Gasteiger partial charge < -0.3 is 15.5 Å². The average molecular weight is 382 g/mol. The van der Waals surface area contributed by atoms with Crippen LogP contribution in [0.2, 0.25) is 0 Å². The van der Waals surface area contributed by atoms with Crippen LogP contribution in [0.4, 0.5) is 0 Å². The summed E-state index contributed by atoms with van der Waals surface area (Å²) in [5, 5.41) is 6.26. The summed E-state index contributed by atoms with van der Waals surface area (Å²) in [6.45, 7) is 7.24. The summed E-state index contributed by atoms with van der Waals surface area (Å²) in [4.78, 5) is 27.3. The lowest BCUT2D eigenvalue weighted by Crippen LogP contribution is -2.37. The number of hydrogen-bond acceptors (Lipinski definition) is 3. The molecule has 2 aliphatic heterocycles. The molecule has 5 heteroatoms. The highest BCUT2D eigenvalue weighted by atomic mass is 16.2. The summed E-state index contributed by atoms with van der Waals surface area (Å²) in [6.07, 6.45) is 6.66. The van der Waals surface area contributed by atoms with E-state index in [1.54, 1.807) is 0 Å². The first-order valence-electron chi connectivity index (χ1n) is 10.4. The van der Waals surface area contributed by atoms with Crippen LogP contribution in [-0.2, 0) is 10.2 Å². The molecule has 0 spiro atoms. The van der Waals surface area contributed by atoms with Crippen LogP contribution in [0.15, 0.2) is 36.0 Å². The molecular formula is C23H31N3O2. The monoisotopic (exact) mass is 381 g/mol. The van der Waals surface area contributed by atoms with E-state index >= 15 is 0 Å². The Kier molecular flexibility index (Phi) is 4.61. The van der Waals surface area contributed by atoms with Crippen LogP contribution < -0.4 is 10.6 Å². The first kappa shape index (κ1) is 19.2. The Labute approximate surface area is 167 Å². The van der Waals surface area contributed by atoms with Crippen LogP contribution in [0.25, 0.3) is 0 Å². The zero-order valence-electron chi connectivity index (χ0n) is 17.3. The van der Waals surface area contributed by atoms with Crippen LogP contribution in [0, 0.1) is 5.92 Å². The maximum Gasteiger partial charge on any atom is 0.271 e. The van der Waals surface area contributed by atoms with Crippen molar-refractivity contribution in [3.63, 3.8) is 0 Å². The molecule has 2 amide bonds. The fourth-order valence-electron chi connectivity index (χ4n) is 4.84. The number of amides is 2. The molecule has 0 aromatic heterocycles. The molecule has 4 rings (SSSR count). The standard InChI is InChI=1S/C23H31N3O2/c1-22(2,3)16-10-8-15(9-11-16)20(27)25-19-13-23(14-26(23)21(19)28)17-6-5-7-18(12-17)24-4/h8-11,13,17-18,24H,5-7,12,14H2,1-4H3,(H,25,27). The topological polar surface area (TPSA) is 61.2 Å². The minimum atomic E-state index is -0.213. The fourth-order valence-corrected chi connectivity index (χ4v) is 4.84. The first-order chi connectivity index (χ1) is 13.2. The zero-order chi connectivity index (χ0) is 20.1. The Bertz CT molecular complexity index is 821. The SMILES string of the molecule is CNC1CCCC(C23C=C(NC(=O)c4ccc(C(C)(C)C)cc4)C(=O)N2C3)C1. The fraction of sp³-hybridized carbons (Fsp3) is 0.565. The van der Waals surface area contributed by atoms with Gasteiger partial charge in [0.1, 0.15) is 5.70 Å². The highest BCUT2D eigenvalue weighted by Crippen LogP contribution is 2.51. The molecule has 2 heterocycles. The van der Waals surface area contributed by atoms with Crippen molar-refractivity contribution in [1.29, 1.82) is 0 Å². The predicted octanol–water partition coefficient (Wildman–Crippen LogP) is 2.97. The maximum absolute atomic E-state index is 12.7. The Balaban J connectivity index is 1.47. The molecule has 3 aliphatic rings. The van der Waals surface area contributed by atoms with E-state index in [4.69, 9.17) is 0 Å². The molecule has 3 unspecified atom stereocenters. The lowest BCUT2D eigenvalue weighted by molar-refractivity contribution is -0.122. The van der Waals surface area contributed by atoms with Gasteiger partial charge in [0.2, 0.25) is 0 Å². The van der Waals surface area contributed by atoms with Crippen molar-refractivity contribution in [2.24, 2.45) is 5.92 Å². The summed E-state index contributed by atoms with van der Waals surface area (Å²) in [6, 6.07) is 8.18. The van der Waals surface area contributed by atoms with Gasteiger partial charge in [-0.25, -0.2) is 0 Å². The third kappa shape index (κ3) is 3.26. The number of nitrogens with one attached hydrogen (secondary N) is 2. The Morgan fingerprint density at radius 3 is 2.54 bits per heavy atom. The van der Waals surface area contributed by atoms with E-state index in [0.29, 0.717) is 23.2 Å². The van der Waals surface area contributed by atoms with Crippen molar-refractivity contribution in [3.05, 3.63) is 47.2 Å². The third-order valence-corrected chi connectivity index (χ3v) is 6.73. The Morgan fingerprint density at radius 2 is 1.89 bits per heavy atom. The van der Waals surface area contributed by atoms with E-state index in [0.717, 1.165) is 19.4 Å². The van der Waals surface area contributed by atoms with Crippen molar-refractivity contribution < 1.29 is 9.59 Å². The first-order valence-corrected chi connectivity index (χ1v) is 10.4. The second-order valence-electron chi connectivity index (χ2n) is 9.57. The van der Waals surface area contributed by atoms with Gasteiger partial charge in [0.15, 0.2) is 0 Å². The van der Waals surface area contributed by atoms with Crippen LogP contribution in [0.3, 0.4) is 0 Å². The summed E-state index contributed by atoms with van der Waals surface area (Å²) >= 11 is 0. The van der Waals surface area contributed by atoms with Gasteiger partial charge in [-0.15, -0.1) is 0 Å². The van der Waals surface area contributed by atoms with E-state index < -0.39 is 0 Å². The largest absolute Gasteiger partial charge is 0.323 e. The summed E-state index contributed by atoms with van der Waals surface area (Å²) in [7, 11) is 2.02. The lowest BCUT2D eigenvalue weighted by Gasteiger charge is -2.32. The summed E-state index contributed by atoms with van der Waals surface area (Å²) in [5.74, 6) is 0.226. The van der Waals surface area contributed by atoms with Crippen molar-refractivity contribution in [2.75, 3.05) is 13.6 Å². The van der Waals surface area contributed by atoms with Gasteiger partial charge in [-0.05, 0) is 61.4 Å². The van der Waals surface area contributed by atoms with Gasteiger partial charge in [-0.2, -0.15) is 0 Å². The van der Waals surface area contributed by atoms with Crippen LogP contribution in [0.5, 0.6) is 0 Å². The van der Waals surface area contributed by atoms with Gasteiger partial charge >= 0.3 is 0 Å². The summed E-state index contributed by atoms with van der Waals surface area (Å²) in [5.41, 5.74) is 2.10. The van der Waals surface area contributed by atoms with E-state index in [-0.39, 0.29) is 22.8 Å². The second-order valence-corrected chi connectivity index (χ2v) is 9.57. The van der Waals surface area contributed by atoms with Crippen molar-refractivity contribution in [2.45, 2.75) is 63.5 Å². The van der Waals surface area contributed by atoms with E-state index in [9.17, 15) is 9.59 Å². The van der Waals surface area contributed by atoms with Gasteiger partial charge in [0.25, 0.3) is 11.8 Å². The Morgan fingerprint density at radius 1 is 1.18 bits per heavy atom. The van der Waals surface area contributed by atoms with Gasteiger partial charge in [0.05, 0.1) is 5.54 Å². The molecule has 2 N–H and O–H groups in total. The molecule has 1 aromatic carbocycles. The summed E-state index contributed by atoms with van der Waals surface area (Å²) < 4.78 is 0. The Hall–Kier alpha value is -2.14. The van der Waals surface area contributed by atoms with Crippen molar-refractivity contribution >= 4 is 11.8 Å². The molecule has 1 aromatic rings. The smallest absolute Gasteiger partial charge is 0.271 e. The molecule has 3 atom stereocenters. The quantitative estimate of drug-likeness (QED) is 0.789.